The summed E-state index contributed by atoms with van der Waals surface area (Å²) in [5.74, 6) is -0.0524. The van der Waals surface area contributed by atoms with Crippen molar-refractivity contribution in [1.29, 1.82) is 0 Å². The molecule has 1 N–H and O–H groups in total. The fourth-order valence-electron chi connectivity index (χ4n) is 1.66. The Bertz CT molecular complexity index is 569. The van der Waals surface area contributed by atoms with Gasteiger partial charge in [0.05, 0.1) is 0 Å². The molecule has 0 heterocycles. The van der Waals surface area contributed by atoms with Crippen LogP contribution in [0.3, 0.4) is 0 Å². The third-order valence-corrected chi connectivity index (χ3v) is 4.27. The summed E-state index contributed by atoms with van der Waals surface area (Å²) < 4.78 is 1.01. The highest BCUT2D eigenvalue weighted by molar-refractivity contribution is 9.10. The first-order valence-corrected chi connectivity index (χ1v) is 7.88. The van der Waals surface area contributed by atoms with E-state index in [0.29, 0.717) is 12.1 Å². The maximum atomic E-state index is 12.0. The van der Waals surface area contributed by atoms with Crippen molar-refractivity contribution >= 4 is 33.6 Å². The number of benzene rings is 2. The molecular weight excluding hydrogens is 322 g/mol. The van der Waals surface area contributed by atoms with Gasteiger partial charge in [0.25, 0.3) is 5.91 Å². The molecule has 0 spiro atoms. The predicted octanol–water partition coefficient (Wildman–Crippen LogP) is 4.10. The molecule has 0 atom stereocenters. The molecule has 0 fully saturated rings. The van der Waals surface area contributed by atoms with Crippen molar-refractivity contribution in [3.63, 3.8) is 0 Å². The van der Waals surface area contributed by atoms with Crippen LogP contribution in [0.25, 0.3) is 0 Å². The third-order valence-electron chi connectivity index (χ3n) is 2.75. The first-order valence-electron chi connectivity index (χ1n) is 5.86. The van der Waals surface area contributed by atoms with Crippen LogP contribution in [0.4, 0.5) is 0 Å². The lowest BCUT2D eigenvalue weighted by atomic mass is 10.2. The van der Waals surface area contributed by atoms with Crippen molar-refractivity contribution in [1.82, 2.24) is 5.32 Å². The number of carbonyl (C=O) groups excluding carboxylic acids is 1. The van der Waals surface area contributed by atoms with Crippen molar-refractivity contribution in [2.45, 2.75) is 11.4 Å². The molecule has 0 aliphatic carbocycles. The molecule has 2 aromatic rings. The van der Waals surface area contributed by atoms with Gasteiger partial charge in [-0.1, -0.05) is 34.1 Å². The number of hydrogen-bond acceptors (Lipinski definition) is 2. The van der Waals surface area contributed by atoms with E-state index < -0.39 is 0 Å². The van der Waals surface area contributed by atoms with E-state index in [-0.39, 0.29) is 5.91 Å². The second-order valence-electron chi connectivity index (χ2n) is 4.00. The van der Waals surface area contributed by atoms with Gasteiger partial charge in [-0.25, -0.2) is 0 Å². The van der Waals surface area contributed by atoms with Crippen LogP contribution in [0.2, 0.25) is 0 Å². The normalized spacial score (nSPS) is 10.2. The largest absolute Gasteiger partial charge is 0.348 e. The van der Waals surface area contributed by atoms with E-state index in [9.17, 15) is 4.79 Å². The third kappa shape index (κ3) is 3.85. The zero-order valence-corrected chi connectivity index (χ0v) is 12.9. The number of carbonyl (C=O) groups is 1. The fourth-order valence-corrected chi connectivity index (χ4v) is 2.49. The monoisotopic (exact) mass is 335 g/mol. The first-order chi connectivity index (χ1) is 9.20. The highest BCUT2D eigenvalue weighted by atomic mass is 79.9. The van der Waals surface area contributed by atoms with Gasteiger partial charge in [0.15, 0.2) is 0 Å². The second kappa shape index (κ2) is 6.78. The summed E-state index contributed by atoms with van der Waals surface area (Å²) in [6, 6.07) is 15.5. The molecule has 0 radical (unpaired) electrons. The molecule has 2 rings (SSSR count). The number of rotatable bonds is 4. The van der Waals surface area contributed by atoms with Crippen LogP contribution in [0.5, 0.6) is 0 Å². The van der Waals surface area contributed by atoms with Gasteiger partial charge >= 0.3 is 0 Å². The van der Waals surface area contributed by atoms with Crippen molar-refractivity contribution in [2.24, 2.45) is 0 Å². The molecule has 0 unspecified atom stereocenters. The van der Waals surface area contributed by atoms with Crippen molar-refractivity contribution < 1.29 is 4.79 Å². The molecule has 4 heteroatoms. The van der Waals surface area contributed by atoms with Crippen LogP contribution in [0.1, 0.15) is 15.9 Å². The maximum absolute atomic E-state index is 12.0. The van der Waals surface area contributed by atoms with Crippen LogP contribution >= 0.6 is 27.7 Å². The smallest absolute Gasteiger partial charge is 0.251 e. The summed E-state index contributed by atoms with van der Waals surface area (Å²) >= 11 is 5.13. The van der Waals surface area contributed by atoms with Gasteiger partial charge in [-0.3, -0.25) is 4.79 Å². The Kier molecular flexibility index (Phi) is 5.05. The number of thioether (sulfide) groups is 1. The first kappa shape index (κ1) is 14.2. The minimum atomic E-state index is -0.0524. The van der Waals surface area contributed by atoms with Crippen LogP contribution in [-0.2, 0) is 6.54 Å². The summed E-state index contributed by atoms with van der Waals surface area (Å²) in [5, 5.41) is 2.92. The summed E-state index contributed by atoms with van der Waals surface area (Å²) in [7, 11) is 0. The number of amides is 1. The Morgan fingerprint density at radius 1 is 1.16 bits per heavy atom. The van der Waals surface area contributed by atoms with Gasteiger partial charge in [-0.2, -0.15) is 0 Å². The van der Waals surface area contributed by atoms with E-state index in [1.807, 2.05) is 54.8 Å². The molecule has 98 valence electrons. The van der Waals surface area contributed by atoms with Gasteiger partial charge in [0.1, 0.15) is 0 Å². The van der Waals surface area contributed by atoms with E-state index in [1.54, 1.807) is 11.8 Å². The highest BCUT2D eigenvalue weighted by Crippen LogP contribution is 2.16. The summed E-state index contributed by atoms with van der Waals surface area (Å²) in [6.45, 7) is 0.518. The van der Waals surface area contributed by atoms with E-state index >= 15 is 0 Å². The predicted molar refractivity (Wildman–Crippen MR) is 83.5 cm³/mol. The zero-order valence-electron chi connectivity index (χ0n) is 10.5. The highest BCUT2D eigenvalue weighted by Gasteiger charge is 2.06. The van der Waals surface area contributed by atoms with Crippen molar-refractivity contribution in [2.75, 3.05) is 6.26 Å². The molecule has 19 heavy (non-hydrogen) atoms. The van der Waals surface area contributed by atoms with Gasteiger partial charge < -0.3 is 5.32 Å². The maximum Gasteiger partial charge on any atom is 0.251 e. The van der Waals surface area contributed by atoms with Crippen molar-refractivity contribution in [3.05, 3.63) is 64.1 Å². The van der Waals surface area contributed by atoms with Crippen LogP contribution < -0.4 is 5.32 Å². The van der Waals surface area contributed by atoms with Crippen LogP contribution in [0.15, 0.2) is 57.9 Å². The van der Waals surface area contributed by atoms with Gasteiger partial charge in [0.2, 0.25) is 0 Å². The lowest BCUT2D eigenvalue weighted by Crippen LogP contribution is -2.22. The number of halogens is 1. The molecule has 2 nitrogen and oxygen atoms in total. The quantitative estimate of drug-likeness (QED) is 0.852. The van der Waals surface area contributed by atoms with Gasteiger partial charge in [-0.15, -0.1) is 11.8 Å². The average Bonchev–Trinajstić information content (AvgIpc) is 2.46. The molecule has 0 aromatic heterocycles. The van der Waals surface area contributed by atoms with E-state index in [2.05, 4.69) is 21.2 Å². The van der Waals surface area contributed by atoms with E-state index in [1.165, 1.54) is 0 Å². The Labute approximate surface area is 125 Å². The molecule has 2 aromatic carbocycles. The molecule has 0 aliphatic heterocycles. The van der Waals surface area contributed by atoms with Gasteiger partial charge in [0, 0.05) is 21.5 Å². The minimum absolute atomic E-state index is 0.0524. The Morgan fingerprint density at radius 3 is 2.47 bits per heavy atom. The van der Waals surface area contributed by atoms with Crippen LogP contribution in [-0.4, -0.2) is 12.2 Å². The Balaban J connectivity index is 1.99. The number of hydrogen-bond donors (Lipinski definition) is 1. The SMILES string of the molecule is CSc1ccc(C(=O)NCc2ccccc2Br)cc1. The lowest BCUT2D eigenvalue weighted by molar-refractivity contribution is 0.0951. The number of nitrogens with one attached hydrogen (secondary N) is 1. The molecule has 0 aliphatic rings. The Hall–Kier alpha value is -1.26. The van der Waals surface area contributed by atoms with Crippen LogP contribution in [0, 0.1) is 0 Å². The fraction of sp³-hybridized carbons (Fsp3) is 0.133. The summed E-state index contributed by atoms with van der Waals surface area (Å²) in [6.07, 6.45) is 2.02. The minimum Gasteiger partial charge on any atom is -0.348 e. The standard InChI is InChI=1S/C15H14BrNOS/c1-19-13-8-6-11(7-9-13)15(18)17-10-12-4-2-3-5-14(12)16/h2-9H,10H2,1H3,(H,17,18). The zero-order chi connectivity index (χ0) is 13.7. The summed E-state index contributed by atoms with van der Waals surface area (Å²) in [4.78, 5) is 13.2. The van der Waals surface area contributed by atoms with Crippen molar-refractivity contribution in [3.8, 4) is 0 Å². The second-order valence-corrected chi connectivity index (χ2v) is 5.74. The molecular formula is C15H14BrNOS. The molecule has 0 saturated carbocycles. The average molecular weight is 336 g/mol. The molecule has 1 amide bonds. The Morgan fingerprint density at radius 2 is 1.84 bits per heavy atom. The lowest BCUT2D eigenvalue weighted by Gasteiger charge is -2.07. The molecule has 0 saturated heterocycles. The molecule has 0 bridgehead atoms. The topological polar surface area (TPSA) is 29.1 Å². The van der Waals surface area contributed by atoms with E-state index in [0.717, 1.165) is 14.9 Å². The van der Waals surface area contributed by atoms with Gasteiger partial charge in [-0.05, 0) is 42.2 Å². The summed E-state index contributed by atoms with van der Waals surface area (Å²) in [5.41, 5.74) is 1.75. The van der Waals surface area contributed by atoms with E-state index in [4.69, 9.17) is 0 Å².